The van der Waals surface area contributed by atoms with Gasteiger partial charge in [-0.25, -0.2) is 4.39 Å². The van der Waals surface area contributed by atoms with E-state index in [1.54, 1.807) is 6.07 Å². The van der Waals surface area contributed by atoms with E-state index in [1.807, 2.05) is 42.5 Å². The molecule has 0 fully saturated rings. The molecule has 1 unspecified atom stereocenters. The van der Waals surface area contributed by atoms with Crippen molar-refractivity contribution in [3.63, 3.8) is 0 Å². The molecule has 0 N–H and O–H groups in total. The molecule has 0 aliphatic rings. The Hall–Kier alpha value is -1.35. The van der Waals surface area contributed by atoms with Crippen molar-refractivity contribution in [2.24, 2.45) is 0 Å². The number of rotatable bonds is 6. The standard InChI is InChI=1S/C16H16BrFO/c17-12-13(15-8-4-5-9-16(15)18)10-11-19-14-6-2-1-3-7-14/h1-9,13H,10-12H2. The van der Waals surface area contributed by atoms with E-state index < -0.39 is 0 Å². The first kappa shape index (κ1) is 14.1. The molecule has 0 aromatic heterocycles. The highest BCUT2D eigenvalue weighted by Crippen LogP contribution is 2.24. The van der Waals surface area contributed by atoms with Gasteiger partial charge < -0.3 is 4.74 Å². The molecule has 0 aliphatic heterocycles. The molecule has 2 aromatic carbocycles. The van der Waals surface area contributed by atoms with E-state index in [2.05, 4.69) is 15.9 Å². The van der Waals surface area contributed by atoms with Crippen LogP contribution in [-0.4, -0.2) is 11.9 Å². The normalized spacial score (nSPS) is 12.1. The smallest absolute Gasteiger partial charge is 0.126 e. The van der Waals surface area contributed by atoms with Crippen molar-refractivity contribution in [2.45, 2.75) is 12.3 Å². The first-order chi connectivity index (χ1) is 9.31. The summed E-state index contributed by atoms with van der Waals surface area (Å²) < 4.78 is 19.4. The lowest BCUT2D eigenvalue weighted by Crippen LogP contribution is -2.08. The molecule has 0 saturated heterocycles. The molecule has 0 heterocycles. The van der Waals surface area contributed by atoms with Gasteiger partial charge in [0, 0.05) is 5.33 Å². The minimum absolute atomic E-state index is 0.130. The van der Waals surface area contributed by atoms with E-state index in [-0.39, 0.29) is 11.7 Å². The SMILES string of the molecule is Fc1ccccc1C(CBr)CCOc1ccccc1. The molecule has 1 nitrogen and oxygen atoms in total. The van der Waals surface area contributed by atoms with E-state index >= 15 is 0 Å². The van der Waals surface area contributed by atoms with Gasteiger partial charge in [0.2, 0.25) is 0 Å². The number of hydrogen-bond donors (Lipinski definition) is 0. The Bertz CT molecular complexity index is 501. The third kappa shape index (κ3) is 4.06. The van der Waals surface area contributed by atoms with Crippen LogP contribution in [0, 0.1) is 5.82 Å². The Morgan fingerprint density at radius 1 is 1.00 bits per heavy atom. The van der Waals surface area contributed by atoms with Crippen molar-refractivity contribution in [3.8, 4) is 5.75 Å². The van der Waals surface area contributed by atoms with Crippen molar-refractivity contribution in [1.29, 1.82) is 0 Å². The topological polar surface area (TPSA) is 9.23 Å². The predicted octanol–water partition coefficient (Wildman–Crippen LogP) is 4.77. The maximum atomic E-state index is 13.7. The maximum absolute atomic E-state index is 13.7. The van der Waals surface area contributed by atoms with Crippen LogP contribution in [0.5, 0.6) is 5.75 Å². The molecule has 0 amide bonds. The lowest BCUT2D eigenvalue weighted by molar-refractivity contribution is 0.300. The first-order valence-electron chi connectivity index (χ1n) is 6.29. The predicted molar refractivity (Wildman–Crippen MR) is 79.5 cm³/mol. The molecule has 0 radical (unpaired) electrons. The Morgan fingerprint density at radius 3 is 2.37 bits per heavy atom. The number of hydrogen-bond acceptors (Lipinski definition) is 1. The second-order valence-electron chi connectivity index (χ2n) is 4.32. The highest BCUT2D eigenvalue weighted by molar-refractivity contribution is 9.09. The lowest BCUT2D eigenvalue weighted by Gasteiger charge is -2.15. The van der Waals surface area contributed by atoms with Crippen LogP contribution in [0.2, 0.25) is 0 Å². The van der Waals surface area contributed by atoms with Crippen LogP contribution < -0.4 is 4.74 Å². The molecule has 0 bridgehead atoms. The van der Waals surface area contributed by atoms with Gasteiger partial charge in [0.25, 0.3) is 0 Å². The third-order valence-electron chi connectivity index (χ3n) is 3.01. The van der Waals surface area contributed by atoms with E-state index in [1.165, 1.54) is 6.07 Å². The van der Waals surface area contributed by atoms with E-state index in [0.29, 0.717) is 6.61 Å². The van der Waals surface area contributed by atoms with Crippen LogP contribution >= 0.6 is 15.9 Å². The number of ether oxygens (including phenoxy) is 1. The van der Waals surface area contributed by atoms with E-state index in [4.69, 9.17) is 4.74 Å². The zero-order chi connectivity index (χ0) is 13.5. The van der Waals surface area contributed by atoms with Crippen molar-refractivity contribution < 1.29 is 9.13 Å². The second kappa shape index (κ2) is 7.29. The summed E-state index contributed by atoms with van der Waals surface area (Å²) in [6, 6.07) is 16.6. The molecule has 2 aromatic rings. The quantitative estimate of drug-likeness (QED) is 0.696. The summed E-state index contributed by atoms with van der Waals surface area (Å²) in [5.41, 5.74) is 0.746. The van der Waals surface area contributed by atoms with Crippen LogP contribution in [0.1, 0.15) is 17.9 Å². The first-order valence-corrected chi connectivity index (χ1v) is 7.41. The van der Waals surface area contributed by atoms with Crippen LogP contribution in [0.15, 0.2) is 54.6 Å². The molecule has 0 aliphatic carbocycles. The van der Waals surface area contributed by atoms with Crippen molar-refractivity contribution in [1.82, 2.24) is 0 Å². The van der Waals surface area contributed by atoms with Gasteiger partial charge in [0.1, 0.15) is 11.6 Å². The number of alkyl halides is 1. The Morgan fingerprint density at radius 2 is 1.68 bits per heavy atom. The number of halogens is 2. The van der Waals surface area contributed by atoms with Crippen molar-refractivity contribution >= 4 is 15.9 Å². The summed E-state index contributed by atoms with van der Waals surface area (Å²) in [5.74, 6) is 0.834. The lowest BCUT2D eigenvalue weighted by atomic mass is 9.98. The fraction of sp³-hybridized carbons (Fsp3) is 0.250. The number of benzene rings is 2. The monoisotopic (exact) mass is 322 g/mol. The van der Waals surface area contributed by atoms with Crippen LogP contribution in [0.25, 0.3) is 0 Å². The summed E-state index contributed by atoms with van der Waals surface area (Å²) >= 11 is 3.45. The minimum atomic E-state index is -0.147. The van der Waals surface area contributed by atoms with Gasteiger partial charge in [-0.15, -0.1) is 0 Å². The van der Waals surface area contributed by atoms with Gasteiger partial charge in [0.05, 0.1) is 6.61 Å². The molecule has 1 atom stereocenters. The zero-order valence-corrected chi connectivity index (χ0v) is 12.1. The largest absolute Gasteiger partial charge is 0.494 e. The van der Waals surface area contributed by atoms with Gasteiger partial charge in [-0.1, -0.05) is 52.3 Å². The van der Waals surface area contributed by atoms with Gasteiger partial charge in [0.15, 0.2) is 0 Å². The van der Waals surface area contributed by atoms with E-state index in [0.717, 1.165) is 23.1 Å². The van der Waals surface area contributed by atoms with Gasteiger partial charge in [-0.05, 0) is 36.1 Å². The molecule has 0 spiro atoms. The molecule has 19 heavy (non-hydrogen) atoms. The van der Waals surface area contributed by atoms with Crippen LogP contribution in [0.4, 0.5) is 4.39 Å². The molecule has 0 saturated carbocycles. The van der Waals surface area contributed by atoms with Crippen molar-refractivity contribution in [3.05, 3.63) is 66.0 Å². The summed E-state index contributed by atoms with van der Waals surface area (Å²) in [4.78, 5) is 0. The second-order valence-corrected chi connectivity index (χ2v) is 4.97. The van der Waals surface area contributed by atoms with Gasteiger partial charge in [-0.2, -0.15) is 0 Å². The summed E-state index contributed by atoms with van der Waals surface area (Å²) in [5, 5.41) is 0.728. The molecule has 2 rings (SSSR count). The fourth-order valence-corrected chi connectivity index (χ4v) is 2.63. The Kier molecular flexibility index (Phi) is 5.40. The maximum Gasteiger partial charge on any atom is 0.126 e. The van der Waals surface area contributed by atoms with Crippen molar-refractivity contribution in [2.75, 3.05) is 11.9 Å². The minimum Gasteiger partial charge on any atom is -0.494 e. The average molecular weight is 323 g/mol. The Balaban J connectivity index is 1.92. The number of para-hydroxylation sites is 1. The van der Waals surface area contributed by atoms with Crippen LogP contribution in [-0.2, 0) is 0 Å². The Labute approximate surface area is 121 Å². The zero-order valence-electron chi connectivity index (χ0n) is 10.6. The molecule has 100 valence electrons. The van der Waals surface area contributed by atoms with E-state index in [9.17, 15) is 4.39 Å². The van der Waals surface area contributed by atoms with Gasteiger partial charge in [-0.3, -0.25) is 0 Å². The molecular weight excluding hydrogens is 307 g/mol. The van der Waals surface area contributed by atoms with Crippen LogP contribution in [0.3, 0.4) is 0 Å². The fourth-order valence-electron chi connectivity index (χ4n) is 1.96. The van der Waals surface area contributed by atoms with Gasteiger partial charge >= 0.3 is 0 Å². The summed E-state index contributed by atoms with van der Waals surface area (Å²) in [7, 11) is 0. The highest BCUT2D eigenvalue weighted by atomic mass is 79.9. The highest BCUT2D eigenvalue weighted by Gasteiger charge is 2.14. The third-order valence-corrected chi connectivity index (χ3v) is 3.79. The average Bonchev–Trinajstić information content (AvgIpc) is 2.46. The molecular formula is C16H16BrFO. The summed E-state index contributed by atoms with van der Waals surface area (Å²) in [6.45, 7) is 0.578. The summed E-state index contributed by atoms with van der Waals surface area (Å²) in [6.07, 6.45) is 0.779. The molecule has 3 heteroatoms.